The van der Waals surface area contributed by atoms with Crippen LogP contribution in [-0.2, 0) is 4.79 Å². The van der Waals surface area contributed by atoms with Crippen LogP contribution in [0.1, 0.15) is 44.2 Å². The topological polar surface area (TPSA) is 42.4 Å². The molecule has 124 valence electrons. The average molecular weight is 343 g/mol. The number of alkyl halides is 2. The number of halogens is 3. The number of nitrogens with zero attached hydrogens (tertiary/aromatic N) is 2. The summed E-state index contributed by atoms with van der Waals surface area (Å²) in [5, 5.41) is 0.394. The van der Waals surface area contributed by atoms with E-state index in [9.17, 15) is 13.6 Å². The van der Waals surface area contributed by atoms with Crippen molar-refractivity contribution in [2.75, 3.05) is 6.54 Å². The Morgan fingerprint density at radius 3 is 2.83 bits per heavy atom. The van der Waals surface area contributed by atoms with E-state index in [2.05, 4.69) is 4.98 Å². The molecule has 4 rings (SSSR count). The van der Waals surface area contributed by atoms with E-state index in [1.54, 1.807) is 11.1 Å². The molecule has 1 aromatic rings. The van der Waals surface area contributed by atoms with Crippen molar-refractivity contribution in [1.29, 1.82) is 0 Å². The quantitative estimate of drug-likeness (QED) is 0.824. The number of rotatable bonds is 2. The van der Waals surface area contributed by atoms with Crippen LogP contribution >= 0.6 is 11.6 Å². The van der Waals surface area contributed by atoms with Gasteiger partial charge in [-0.3, -0.25) is 9.78 Å². The van der Waals surface area contributed by atoms with Crippen LogP contribution in [0.3, 0.4) is 0 Å². The zero-order valence-electron chi connectivity index (χ0n) is 12.7. The molecule has 1 amide bonds. The van der Waals surface area contributed by atoms with Crippen LogP contribution in [-0.4, -0.2) is 34.4 Å². The van der Waals surface area contributed by atoms with Crippen molar-refractivity contribution in [3.8, 4) is 5.75 Å². The number of pyridine rings is 1. The number of hydrogen-bond donors (Lipinski definition) is 0. The van der Waals surface area contributed by atoms with Gasteiger partial charge in [-0.05, 0) is 12.8 Å². The summed E-state index contributed by atoms with van der Waals surface area (Å²) in [6.45, 7) is 1.18. The zero-order chi connectivity index (χ0) is 16.4. The first kappa shape index (κ1) is 15.1. The van der Waals surface area contributed by atoms with E-state index in [0.29, 0.717) is 35.7 Å². The highest BCUT2D eigenvalue weighted by atomic mass is 35.5. The SMILES string of the molecule is CC(F)(F)C1(C(=O)N2C[C@@H]3C[C@H]2c2cncc(Cl)c2O3)CCC1. The predicted octanol–water partition coefficient (Wildman–Crippen LogP) is 3.59. The number of hydrogen-bond acceptors (Lipinski definition) is 3. The molecule has 2 aliphatic heterocycles. The fraction of sp³-hybridized carbons (Fsp3) is 0.625. The van der Waals surface area contributed by atoms with Gasteiger partial charge in [0.25, 0.3) is 5.92 Å². The van der Waals surface area contributed by atoms with Crippen LogP contribution in [0.4, 0.5) is 8.78 Å². The van der Waals surface area contributed by atoms with Crippen LogP contribution in [0.2, 0.25) is 5.02 Å². The summed E-state index contributed by atoms with van der Waals surface area (Å²) in [6, 6.07) is -0.276. The second-order valence-corrected chi connectivity index (χ2v) is 7.22. The van der Waals surface area contributed by atoms with Crippen LogP contribution < -0.4 is 4.74 Å². The summed E-state index contributed by atoms with van der Waals surface area (Å²) in [6.07, 6.45) is 4.66. The van der Waals surface area contributed by atoms with Crippen LogP contribution in [0.15, 0.2) is 12.4 Å². The summed E-state index contributed by atoms with van der Waals surface area (Å²) < 4.78 is 34.1. The monoisotopic (exact) mass is 342 g/mol. The maximum absolute atomic E-state index is 14.1. The molecule has 1 aromatic heterocycles. The fourth-order valence-corrected chi connectivity index (χ4v) is 4.22. The molecule has 1 aliphatic carbocycles. The van der Waals surface area contributed by atoms with Gasteiger partial charge in [-0.1, -0.05) is 18.0 Å². The minimum atomic E-state index is -3.02. The van der Waals surface area contributed by atoms with E-state index < -0.39 is 17.2 Å². The van der Waals surface area contributed by atoms with Gasteiger partial charge in [0.1, 0.15) is 22.3 Å². The molecule has 2 atom stereocenters. The summed E-state index contributed by atoms with van der Waals surface area (Å²) in [5.41, 5.74) is -0.843. The molecule has 0 spiro atoms. The summed E-state index contributed by atoms with van der Waals surface area (Å²) in [5.74, 6) is -2.95. The molecular formula is C16H17ClF2N2O2. The fourth-order valence-electron chi connectivity index (χ4n) is 4.01. The number of ether oxygens (including phenoxy) is 1. The summed E-state index contributed by atoms with van der Waals surface area (Å²) in [4.78, 5) is 18.6. The van der Waals surface area contributed by atoms with Gasteiger partial charge in [0.15, 0.2) is 0 Å². The molecule has 0 unspecified atom stereocenters. The Morgan fingerprint density at radius 1 is 1.48 bits per heavy atom. The third-order valence-electron chi connectivity index (χ3n) is 5.50. The second kappa shape index (κ2) is 4.79. The van der Waals surface area contributed by atoms with Gasteiger partial charge in [-0.25, -0.2) is 8.78 Å². The molecule has 3 aliphatic rings. The lowest BCUT2D eigenvalue weighted by Gasteiger charge is -2.47. The number of likely N-dealkylation sites (tertiary alicyclic amines) is 1. The number of carbonyl (C=O) groups is 1. The second-order valence-electron chi connectivity index (χ2n) is 6.81. The molecule has 4 nitrogen and oxygen atoms in total. The Labute approximate surface area is 137 Å². The van der Waals surface area contributed by atoms with Crippen molar-refractivity contribution in [2.45, 2.75) is 50.7 Å². The van der Waals surface area contributed by atoms with E-state index >= 15 is 0 Å². The van der Waals surface area contributed by atoms with E-state index in [1.807, 2.05) is 0 Å². The third kappa shape index (κ3) is 2.00. The zero-order valence-corrected chi connectivity index (χ0v) is 13.4. The first-order valence-electron chi connectivity index (χ1n) is 7.82. The van der Waals surface area contributed by atoms with E-state index in [-0.39, 0.29) is 25.0 Å². The summed E-state index contributed by atoms with van der Waals surface area (Å²) >= 11 is 6.12. The first-order chi connectivity index (χ1) is 10.8. The van der Waals surface area contributed by atoms with Crippen LogP contribution in [0, 0.1) is 5.41 Å². The number of amides is 1. The van der Waals surface area contributed by atoms with Crippen molar-refractivity contribution < 1.29 is 18.3 Å². The molecule has 1 saturated carbocycles. The smallest absolute Gasteiger partial charge is 0.259 e. The van der Waals surface area contributed by atoms with Crippen molar-refractivity contribution in [3.05, 3.63) is 23.0 Å². The van der Waals surface area contributed by atoms with E-state index in [0.717, 1.165) is 6.92 Å². The molecule has 23 heavy (non-hydrogen) atoms. The largest absolute Gasteiger partial charge is 0.486 e. The first-order valence-corrected chi connectivity index (χ1v) is 8.20. The Bertz CT molecular complexity index is 673. The highest BCUT2D eigenvalue weighted by molar-refractivity contribution is 6.32. The van der Waals surface area contributed by atoms with Gasteiger partial charge >= 0.3 is 0 Å². The van der Waals surface area contributed by atoms with Crippen molar-refractivity contribution in [3.63, 3.8) is 0 Å². The average Bonchev–Trinajstić information content (AvgIpc) is 2.75. The van der Waals surface area contributed by atoms with Gasteiger partial charge in [0.05, 0.1) is 12.6 Å². The van der Waals surface area contributed by atoms with Crippen molar-refractivity contribution >= 4 is 17.5 Å². The number of fused-ring (bicyclic) bond motifs is 4. The highest BCUT2D eigenvalue weighted by Gasteiger charge is 2.62. The third-order valence-corrected chi connectivity index (χ3v) is 5.77. The van der Waals surface area contributed by atoms with Crippen LogP contribution in [0.5, 0.6) is 5.75 Å². The molecule has 2 bridgehead atoms. The minimum absolute atomic E-state index is 0.195. The Kier molecular flexibility index (Phi) is 3.15. The standard InChI is InChI=1S/C16H17ClF2N2O2/c1-15(18,19)16(3-2-4-16)14(22)21-8-9-5-12(21)10-6-20-7-11(17)13(10)23-9/h6-7,9,12H,2-5,8H2,1H3/t9-,12-/m0/s1. The molecule has 0 radical (unpaired) electrons. The molecule has 1 saturated heterocycles. The lowest BCUT2D eigenvalue weighted by atomic mass is 9.63. The Hall–Kier alpha value is -1.43. The van der Waals surface area contributed by atoms with Crippen LogP contribution in [0.25, 0.3) is 0 Å². The van der Waals surface area contributed by atoms with Gasteiger partial charge in [0, 0.05) is 31.3 Å². The molecule has 2 fully saturated rings. The van der Waals surface area contributed by atoms with E-state index in [4.69, 9.17) is 16.3 Å². The van der Waals surface area contributed by atoms with Crippen molar-refractivity contribution in [2.24, 2.45) is 5.41 Å². The normalized spacial score (nSPS) is 27.9. The lowest BCUT2D eigenvalue weighted by Crippen LogP contribution is -2.56. The Morgan fingerprint density at radius 2 is 2.22 bits per heavy atom. The predicted molar refractivity (Wildman–Crippen MR) is 79.6 cm³/mol. The number of aromatic nitrogens is 1. The van der Waals surface area contributed by atoms with Gasteiger partial charge in [0.2, 0.25) is 5.91 Å². The molecule has 3 heterocycles. The summed E-state index contributed by atoms with van der Waals surface area (Å²) in [7, 11) is 0. The van der Waals surface area contributed by atoms with Gasteiger partial charge in [-0.2, -0.15) is 0 Å². The molecule has 7 heteroatoms. The maximum Gasteiger partial charge on any atom is 0.259 e. The maximum atomic E-state index is 14.1. The molecule has 0 aromatic carbocycles. The van der Waals surface area contributed by atoms with E-state index in [1.165, 1.54) is 6.20 Å². The lowest BCUT2D eigenvalue weighted by molar-refractivity contribution is -0.186. The molecular weight excluding hydrogens is 326 g/mol. The van der Waals surface area contributed by atoms with Crippen molar-refractivity contribution in [1.82, 2.24) is 9.88 Å². The minimum Gasteiger partial charge on any atom is -0.486 e. The number of carbonyl (C=O) groups excluding carboxylic acids is 1. The highest BCUT2D eigenvalue weighted by Crippen LogP contribution is 2.56. The Balaban J connectivity index is 1.70. The van der Waals surface area contributed by atoms with Gasteiger partial charge in [-0.15, -0.1) is 0 Å². The van der Waals surface area contributed by atoms with Gasteiger partial charge < -0.3 is 9.64 Å². The molecule has 0 N–H and O–H groups in total.